The molecule has 94 valence electrons. The lowest BCUT2D eigenvalue weighted by atomic mass is 9.75. The van der Waals surface area contributed by atoms with E-state index in [0.717, 1.165) is 25.0 Å². The van der Waals surface area contributed by atoms with E-state index in [0.29, 0.717) is 12.3 Å². The van der Waals surface area contributed by atoms with E-state index in [1.807, 2.05) is 12.1 Å². The first-order chi connectivity index (χ1) is 8.16. The van der Waals surface area contributed by atoms with Crippen LogP contribution in [-0.4, -0.2) is 18.5 Å². The summed E-state index contributed by atoms with van der Waals surface area (Å²) in [5, 5.41) is 0. The molecule has 1 aliphatic rings. The lowest BCUT2D eigenvalue weighted by molar-refractivity contribution is -0.146. The minimum atomic E-state index is -0.579. The molecule has 1 saturated carbocycles. The number of hydrogen-bond acceptors (Lipinski definition) is 3. The first kappa shape index (κ1) is 12.4. The van der Waals surface area contributed by atoms with E-state index in [9.17, 15) is 4.79 Å². The summed E-state index contributed by atoms with van der Waals surface area (Å²) in [5.74, 6) is 1.44. The van der Waals surface area contributed by atoms with Gasteiger partial charge < -0.3 is 9.15 Å². The van der Waals surface area contributed by atoms with Crippen molar-refractivity contribution in [3.8, 4) is 0 Å². The predicted molar refractivity (Wildman–Crippen MR) is 64.8 cm³/mol. The van der Waals surface area contributed by atoms with E-state index in [1.165, 1.54) is 6.42 Å². The van der Waals surface area contributed by atoms with Gasteiger partial charge in [-0.05, 0) is 37.3 Å². The van der Waals surface area contributed by atoms with Crippen molar-refractivity contribution in [2.24, 2.45) is 5.92 Å². The highest BCUT2D eigenvalue weighted by Crippen LogP contribution is 2.36. The molecular formula is C14H20O3. The first-order valence-electron chi connectivity index (χ1n) is 6.27. The number of methoxy groups -OCH3 is 1. The monoisotopic (exact) mass is 236 g/mol. The van der Waals surface area contributed by atoms with Crippen LogP contribution in [0.25, 0.3) is 0 Å². The fourth-order valence-electron chi connectivity index (χ4n) is 2.79. The van der Waals surface area contributed by atoms with Crippen LogP contribution < -0.4 is 0 Å². The standard InChI is InChI=1S/C14H20O3/c1-11-5-3-7-14(10-11,16-2)13(15)9-12-6-4-8-17-12/h4,6,8,11H,3,5,7,9-10H2,1-2H3. The third kappa shape index (κ3) is 2.60. The Morgan fingerprint density at radius 1 is 1.65 bits per heavy atom. The predicted octanol–water partition coefficient (Wildman–Crippen LogP) is 2.99. The molecule has 1 aromatic rings. The molecule has 0 aromatic carbocycles. The van der Waals surface area contributed by atoms with Gasteiger partial charge in [0.05, 0.1) is 12.7 Å². The van der Waals surface area contributed by atoms with Crippen molar-refractivity contribution in [3.05, 3.63) is 24.2 Å². The van der Waals surface area contributed by atoms with E-state index in [4.69, 9.17) is 9.15 Å². The SMILES string of the molecule is COC1(C(=O)Cc2ccco2)CCCC(C)C1. The molecule has 0 spiro atoms. The summed E-state index contributed by atoms with van der Waals surface area (Å²) in [6, 6.07) is 3.65. The second kappa shape index (κ2) is 5.05. The number of hydrogen-bond donors (Lipinski definition) is 0. The average molecular weight is 236 g/mol. The average Bonchev–Trinajstić information content (AvgIpc) is 2.81. The molecule has 0 N–H and O–H groups in total. The van der Waals surface area contributed by atoms with E-state index < -0.39 is 5.60 Å². The van der Waals surface area contributed by atoms with Gasteiger partial charge in [-0.15, -0.1) is 0 Å². The molecule has 2 rings (SSSR count). The van der Waals surface area contributed by atoms with E-state index in [-0.39, 0.29) is 5.78 Å². The van der Waals surface area contributed by atoms with E-state index >= 15 is 0 Å². The van der Waals surface area contributed by atoms with Gasteiger partial charge in [0.1, 0.15) is 11.4 Å². The maximum absolute atomic E-state index is 12.4. The maximum atomic E-state index is 12.4. The van der Waals surface area contributed by atoms with E-state index in [1.54, 1.807) is 13.4 Å². The van der Waals surface area contributed by atoms with Crippen LogP contribution in [-0.2, 0) is 16.0 Å². The fourth-order valence-corrected chi connectivity index (χ4v) is 2.79. The van der Waals surface area contributed by atoms with Gasteiger partial charge in [0, 0.05) is 7.11 Å². The number of ether oxygens (including phenoxy) is 1. The van der Waals surface area contributed by atoms with Crippen molar-refractivity contribution >= 4 is 5.78 Å². The van der Waals surface area contributed by atoms with Crippen LogP contribution in [0.4, 0.5) is 0 Å². The van der Waals surface area contributed by atoms with Crippen LogP contribution in [0.2, 0.25) is 0 Å². The normalized spacial score (nSPS) is 29.2. The largest absolute Gasteiger partial charge is 0.469 e. The highest BCUT2D eigenvalue weighted by Gasteiger charge is 2.41. The molecule has 1 aromatic heterocycles. The molecule has 0 aliphatic heterocycles. The Balaban J connectivity index is 2.09. The Morgan fingerprint density at radius 2 is 2.47 bits per heavy atom. The van der Waals surface area contributed by atoms with Crippen LogP contribution in [0.15, 0.2) is 22.8 Å². The molecule has 0 amide bonds. The zero-order valence-corrected chi connectivity index (χ0v) is 10.6. The summed E-state index contributed by atoms with van der Waals surface area (Å²) in [6.45, 7) is 2.19. The number of rotatable bonds is 4. The number of Topliss-reactive ketones (excluding diaryl/α,β-unsaturated/α-hetero) is 1. The molecule has 1 heterocycles. The molecule has 2 unspecified atom stereocenters. The summed E-state index contributed by atoms with van der Waals surface area (Å²) in [6.07, 6.45) is 5.88. The Kier molecular flexibility index (Phi) is 3.67. The molecule has 0 radical (unpaired) electrons. The Hall–Kier alpha value is -1.09. The quantitative estimate of drug-likeness (QED) is 0.806. The van der Waals surface area contributed by atoms with Crippen LogP contribution in [0, 0.1) is 5.92 Å². The third-order valence-electron chi connectivity index (χ3n) is 3.77. The molecule has 0 bridgehead atoms. The molecule has 0 saturated heterocycles. The van der Waals surface area contributed by atoms with Gasteiger partial charge in [-0.3, -0.25) is 4.79 Å². The number of ketones is 1. The zero-order valence-electron chi connectivity index (χ0n) is 10.6. The molecule has 1 fully saturated rings. The molecule has 3 heteroatoms. The summed E-state index contributed by atoms with van der Waals surface area (Å²) in [5.41, 5.74) is -0.579. The molecule has 17 heavy (non-hydrogen) atoms. The van der Waals surface area contributed by atoms with Crippen molar-refractivity contribution in [3.63, 3.8) is 0 Å². The highest BCUT2D eigenvalue weighted by atomic mass is 16.5. The summed E-state index contributed by atoms with van der Waals surface area (Å²) >= 11 is 0. The van der Waals surface area contributed by atoms with Crippen LogP contribution in [0.3, 0.4) is 0 Å². The second-order valence-electron chi connectivity index (χ2n) is 5.08. The van der Waals surface area contributed by atoms with Crippen molar-refractivity contribution in [2.45, 2.75) is 44.6 Å². The Labute approximate surface area is 102 Å². The van der Waals surface area contributed by atoms with Crippen molar-refractivity contribution in [2.75, 3.05) is 7.11 Å². The zero-order chi connectivity index (χ0) is 12.3. The number of furan rings is 1. The van der Waals surface area contributed by atoms with Crippen LogP contribution in [0.5, 0.6) is 0 Å². The van der Waals surface area contributed by atoms with Crippen LogP contribution >= 0.6 is 0 Å². The lowest BCUT2D eigenvalue weighted by Gasteiger charge is -2.37. The van der Waals surface area contributed by atoms with E-state index in [2.05, 4.69) is 6.92 Å². The molecule has 3 nitrogen and oxygen atoms in total. The third-order valence-corrected chi connectivity index (χ3v) is 3.77. The van der Waals surface area contributed by atoms with Crippen molar-refractivity contribution < 1.29 is 13.9 Å². The van der Waals surface area contributed by atoms with Crippen molar-refractivity contribution in [1.29, 1.82) is 0 Å². The fraction of sp³-hybridized carbons (Fsp3) is 0.643. The Morgan fingerprint density at radius 3 is 3.06 bits per heavy atom. The number of carbonyl (C=O) groups is 1. The van der Waals surface area contributed by atoms with Gasteiger partial charge in [0.15, 0.2) is 5.78 Å². The Bertz CT molecular complexity index is 369. The summed E-state index contributed by atoms with van der Waals surface area (Å²) in [7, 11) is 1.65. The van der Waals surface area contributed by atoms with Crippen molar-refractivity contribution in [1.82, 2.24) is 0 Å². The minimum absolute atomic E-state index is 0.154. The minimum Gasteiger partial charge on any atom is -0.469 e. The maximum Gasteiger partial charge on any atom is 0.172 e. The first-order valence-corrected chi connectivity index (χ1v) is 6.27. The number of carbonyl (C=O) groups excluding carboxylic acids is 1. The smallest absolute Gasteiger partial charge is 0.172 e. The van der Waals surface area contributed by atoms with Gasteiger partial charge in [-0.25, -0.2) is 0 Å². The van der Waals surface area contributed by atoms with Gasteiger partial charge in [-0.2, -0.15) is 0 Å². The molecular weight excluding hydrogens is 216 g/mol. The summed E-state index contributed by atoms with van der Waals surface area (Å²) < 4.78 is 10.8. The molecule has 1 aliphatic carbocycles. The topological polar surface area (TPSA) is 39.4 Å². The second-order valence-corrected chi connectivity index (χ2v) is 5.08. The highest BCUT2D eigenvalue weighted by molar-refractivity contribution is 5.89. The van der Waals surface area contributed by atoms with Gasteiger partial charge >= 0.3 is 0 Å². The molecule has 2 atom stereocenters. The summed E-state index contributed by atoms with van der Waals surface area (Å²) in [4.78, 5) is 12.4. The van der Waals surface area contributed by atoms with Crippen LogP contribution in [0.1, 0.15) is 38.4 Å². The lowest BCUT2D eigenvalue weighted by Crippen LogP contribution is -2.45. The van der Waals surface area contributed by atoms with Gasteiger partial charge in [0.2, 0.25) is 0 Å². The van der Waals surface area contributed by atoms with Gasteiger partial charge in [-0.1, -0.05) is 13.3 Å². The van der Waals surface area contributed by atoms with Gasteiger partial charge in [0.25, 0.3) is 0 Å².